The summed E-state index contributed by atoms with van der Waals surface area (Å²) in [6.45, 7) is 6.80. The monoisotopic (exact) mass is 352 g/mol. The lowest BCUT2D eigenvalue weighted by Crippen LogP contribution is -2.39. The number of amides is 1. The Labute approximate surface area is 145 Å². The first-order chi connectivity index (χ1) is 11.3. The fourth-order valence-electron chi connectivity index (χ4n) is 3.15. The molecule has 0 atom stereocenters. The third-order valence-corrected chi connectivity index (χ3v) is 6.57. The highest BCUT2D eigenvalue weighted by atomic mass is 32.2. The summed E-state index contributed by atoms with van der Waals surface area (Å²) >= 11 is 0. The van der Waals surface area contributed by atoms with Crippen molar-refractivity contribution in [3.63, 3.8) is 0 Å². The number of carbonyl (C=O) groups excluding carboxylic acids is 1. The maximum Gasteiger partial charge on any atom is 0.243 e. The van der Waals surface area contributed by atoms with E-state index in [1.807, 2.05) is 32.9 Å². The van der Waals surface area contributed by atoms with Crippen LogP contribution < -0.4 is 5.32 Å². The number of nitrogens with zero attached hydrogens (tertiary/aromatic N) is 1. The van der Waals surface area contributed by atoms with Crippen LogP contribution in [0.3, 0.4) is 0 Å². The Kier molecular flexibility index (Phi) is 6.40. The molecule has 0 unspecified atom stereocenters. The third-order valence-electron chi connectivity index (χ3n) is 4.51. The van der Waals surface area contributed by atoms with Crippen LogP contribution in [0.25, 0.3) is 0 Å². The van der Waals surface area contributed by atoms with Gasteiger partial charge < -0.3 is 5.32 Å². The SMILES string of the molecule is Cc1ccccc1S(=O)(=O)N1CCC(CCC(=O)NC(C)C)CC1. The van der Waals surface area contributed by atoms with Crippen LogP contribution in [0.1, 0.15) is 45.1 Å². The lowest BCUT2D eigenvalue weighted by Gasteiger charge is -2.31. The number of hydrogen-bond donors (Lipinski definition) is 1. The minimum Gasteiger partial charge on any atom is -0.354 e. The summed E-state index contributed by atoms with van der Waals surface area (Å²) in [6, 6.07) is 7.28. The van der Waals surface area contributed by atoms with Gasteiger partial charge in [-0.05, 0) is 57.6 Å². The summed E-state index contributed by atoms with van der Waals surface area (Å²) in [6.07, 6.45) is 2.99. The average Bonchev–Trinajstić information content (AvgIpc) is 2.53. The molecule has 6 heteroatoms. The Hall–Kier alpha value is -1.40. The van der Waals surface area contributed by atoms with Crippen molar-refractivity contribution >= 4 is 15.9 Å². The summed E-state index contributed by atoms with van der Waals surface area (Å²) in [7, 11) is -3.41. The predicted octanol–water partition coefficient (Wildman–Crippen LogP) is 2.70. The Morgan fingerprint density at radius 3 is 2.46 bits per heavy atom. The van der Waals surface area contributed by atoms with Gasteiger partial charge in [0.1, 0.15) is 0 Å². The van der Waals surface area contributed by atoms with Crippen molar-refractivity contribution in [1.29, 1.82) is 0 Å². The van der Waals surface area contributed by atoms with Crippen LogP contribution in [-0.4, -0.2) is 37.8 Å². The van der Waals surface area contributed by atoms with E-state index in [0.717, 1.165) is 24.8 Å². The molecule has 1 saturated heterocycles. The van der Waals surface area contributed by atoms with E-state index < -0.39 is 10.0 Å². The van der Waals surface area contributed by atoms with E-state index in [4.69, 9.17) is 0 Å². The van der Waals surface area contributed by atoms with Crippen molar-refractivity contribution in [2.45, 2.75) is 57.4 Å². The minimum absolute atomic E-state index is 0.0833. The van der Waals surface area contributed by atoms with Gasteiger partial charge in [0.25, 0.3) is 0 Å². The zero-order valence-corrected chi connectivity index (χ0v) is 15.6. The Bertz CT molecular complexity index is 663. The first kappa shape index (κ1) is 18.9. The normalized spacial score (nSPS) is 17.2. The summed E-state index contributed by atoms with van der Waals surface area (Å²) in [5, 5.41) is 2.90. The van der Waals surface area contributed by atoms with Gasteiger partial charge in [0.05, 0.1) is 4.90 Å². The molecule has 1 aromatic carbocycles. The van der Waals surface area contributed by atoms with Crippen molar-refractivity contribution in [3.05, 3.63) is 29.8 Å². The van der Waals surface area contributed by atoms with E-state index in [1.165, 1.54) is 0 Å². The molecule has 134 valence electrons. The summed E-state index contributed by atoms with van der Waals surface area (Å²) in [5.74, 6) is 0.506. The fraction of sp³-hybridized carbons (Fsp3) is 0.611. The number of sulfonamides is 1. The van der Waals surface area contributed by atoms with Crippen molar-refractivity contribution in [2.24, 2.45) is 5.92 Å². The molecule has 1 aliphatic rings. The van der Waals surface area contributed by atoms with Crippen molar-refractivity contribution in [2.75, 3.05) is 13.1 Å². The van der Waals surface area contributed by atoms with Crippen molar-refractivity contribution < 1.29 is 13.2 Å². The number of piperidine rings is 1. The summed E-state index contributed by atoms with van der Waals surface area (Å²) in [5.41, 5.74) is 0.782. The molecule has 1 aromatic rings. The molecular formula is C18H28N2O3S. The average molecular weight is 353 g/mol. The molecular weight excluding hydrogens is 324 g/mol. The lowest BCUT2D eigenvalue weighted by molar-refractivity contribution is -0.121. The number of rotatable bonds is 6. The van der Waals surface area contributed by atoms with Gasteiger partial charge in [0.15, 0.2) is 0 Å². The Morgan fingerprint density at radius 1 is 1.25 bits per heavy atom. The molecule has 24 heavy (non-hydrogen) atoms. The summed E-state index contributed by atoms with van der Waals surface area (Å²) in [4.78, 5) is 12.1. The third kappa shape index (κ3) is 4.80. The zero-order valence-electron chi connectivity index (χ0n) is 14.8. The minimum atomic E-state index is -3.41. The number of nitrogens with one attached hydrogen (secondary N) is 1. The van der Waals surface area contributed by atoms with Gasteiger partial charge in [0, 0.05) is 25.6 Å². The van der Waals surface area contributed by atoms with Crippen LogP contribution in [0.5, 0.6) is 0 Å². The highest BCUT2D eigenvalue weighted by molar-refractivity contribution is 7.89. The Morgan fingerprint density at radius 2 is 1.88 bits per heavy atom. The highest BCUT2D eigenvalue weighted by Crippen LogP contribution is 2.27. The van der Waals surface area contributed by atoms with Crippen LogP contribution in [-0.2, 0) is 14.8 Å². The van der Waals surface area contributed by atoms with Crippen molar-refractivity contribution in [1.82, 2.24) is 9.62 Å². The number of hydrogen-bond acceptors (Lipinski definition) is 3. The molecule has 1 N–H and O–H groups in total. The van der Waals surface area contributed by atoms with E-state index in [2.05, 4.69) is 5.32 Å². The van der Waals surface area contributed by atoms with Crippen LogP contribution in [0, 0.1) is 12.8 Å². The van der Waals surface area contributed by atoms with E-state index in [1.54, 1.807) is 16.4 Å². The quantitative estimate of drug-likeness (QED) is 0.856. The van der Waals surface area contributed by atoms with Gasteiger partial charge in [-0.25, -0.2) is 8.42 Å². The molecule has 1 fully saturated rings. The second-order valence-electron chi connectivity index (χ2n) is 6.87. The van der Waals surface area contributed by atoms with Gasteiger partial charge in [-0.2, -0.15) is 4.31 Å². The largest absolute Gasteiger partial charge is 0.354 e. The highest BCUT2D eigenvalue weighted by Gasteiger charge is 2.30. The lowest BCUT2D eigenvalue weighted by atomic mass is 9.93. The second-order valence-corrected chi connectivity index (χ2v) is 8.78. The smallest absolute Gasteiger partial charge is 0.243 e. The molecule has 0 radical (unpaired) electrons. The van der Waals surface area contributed by atoms with E-state index in [9.17, 15) is 13.2 Å². The topological polar surface area (TPSA) is 66.5 Å². The summed E-state index contributed by atoms with van der Waals surface area (Å²) < 4.78 is 27.1. The van der Waals surface area contributed by atoms with Gasteiger partial charge in [-0.1, -0.05) is 18.2 Å². The maximum absolute atomic E-state index is 12.8. The Balaban J connectivity index is 1.88. The van der Waals surface area contributed by atoms with Gasteiger partial charge >= 0.3 is 0 Å². The predicted molar refractivity (Wildman–Crippen MR) is 95.2 cm³/mol. The number of benzene rings is 1. The van der Waals surface area contributed by atoms with E-state index in [0.29, 0.717) is 30.3 Å². The van der Waals surface area contributed by atoms with Gasteiger partial charge in [0.2, 0.25) is 15.9 Å². The number of carbonyl (C=O) groups is 1. The van der Waals surface area contributed by atoms with Crippen LogP contribution >= 0.6 is 0 Å². The zero-order chi connectivity index (χ0) is 17.7. The van der Waals surface area contributed by atoms with Crippen molar-refractivity contribution in [3.8, 4) is 0 Å². The van der Waals surface area contributed by atoms with Crippen LogP contribution in [0.4, 0.5) is 0 Å². The molecule has 1 amide bonds. The molecule has 1 heterocycles. The van der Waals surface area contributed by atoms with Gasteiger partial charge in [-0.15, -0.1) is 0 Å². The van der Waals surface area contributed by atoms with Gasteiger partial charge in [-0.3, -0.25) is 4.79 Å². The first-order valence-electron chi connectivity index (χ1n) is 8.66. The molecule has 5 nitrogen and oxygen atoms in total. The van der Waals surface area contributed by atoms with E-state index in [-0.39, 0.29) is 11.9 Å². The molecule has 0 spiro atoms. The molecule has 0 aliphatic carbocycles. The standard InChI is InChI=1S/C18H28N2O3S/c1-14(2)19-18(21)9-8-16-10-12-20(13-11-16)24(22,23)17-7-5-4-6-15(17)3/h4-7,14,16H,8-13H2,1-3H3,(H,19,21). The first-order valence-corrected chi connectivity index (χ1v) is 10.1. The second kappa shape index (κ2) is 8.12. The molecule has 0 bridgehead atoms. The maximum atomic E-state index is 12.8. The number of aryl methyl sites for hydroxylation is 1. The molecule has 2 rings (SSSR count). The van der Waals surface area contributed by atoms with Crippen LogP contribution in [0.2, 0.25) is 0 Å². The fourth-order valence-corrected chi connectivity index (χ4v) is 4.85. The molecule has 1 aliphatic heterocycles. The van der Waals surface area contributed by atoms with E-state index >= 15 is 0 Å². The molecule has 0 saturated carbocycles. The van der Waals surface area contributed by atoms with Crippen LogP contribution in [0.15, 0.2) is 29.2 Å². The molecule has 0 aromatic heterocycles.